The first-order chi connectivity index (χ1) is 20.9. The molecule has 1 saturated heterocycles. The van der Waals surface area contributed by atoms with E-state index in [1.54, 1.807) is 0 Å². The molecule has 7 heteroatoms. The molecule has 2 aromatic carbocycles. The molecular formula is C24H33N3O4. The summed E-state index contributed by atoms with van der Waals surface area (Å²) in [5, 5.41) is 13.0. The van der Waals surface area contributed by atoms with Crippen LogP contribution >= 0.6 is 0 Å². The van der Waals surface area contributed by atoms with E-state index in [2.05, 4.69) is 5.32 Å². The van der Waals surface area contributed by atoms with Gasteiger partial charge in [-0.15, -0.1) is 0 Å². The van der Waals surface area contributed by atoms with Crippen LogP contribution in [0.25, 0.3) is 0 Å². The molecule has 1 fully saturated rings. The van der Waals surface area contributed by atoms with Crippen LogP contribution in [0.1, 0.15) is 31.7 Å². The van der Waals surface area contributed by atoms with Gasteiger partial charge in [-0.3, -0.25) is 14.6 Å². The molecule has 1 unspecified atom stereocenters. The minimum atomic E-state index is -3.10. The maximum absolute atomic E-state index is 13.0. The van der Waals surface area contributed by atoms with Crippen LogP contribution in [0.3, 0.4) is 0 Å². The van der Waals surface area contributed by atoms with Crippen molar-refractivity contribution in [1.29, 1.82) is 0 Å². The van der Waals surface area contributed by atoms with Gasteiger partial charge in [0.2, 0.25) is 5.91 Å². The quantitative estimate of drug-likeness (QED) is 0.621. The van der Waals surface area contributed by atoms with E-state index in [1.807, 2.05) is 0 Å². The maximum Gasteiger partial charge on any atom is 0.238 e. The Morgan fingerprint density at radius 3 is 2.58 bits per heavy atom. The minimum absolute atomic E-state index is 0.0242. The van der Waals surface area contributed by atoms with Gasteiger partial charge in [0.05, 0.1) is 23.2 Å². The second-order valence-corrected chi connectivity index (χ2v) is 6.71. The van der Waals surface area contributed by atoms with Crippen molar-refractivity contribution in [2.24, 2.45) is 0 Å². The van der Waals surface area contributed by atoms with Crippen LogP contribution in [0.2, 0.25) is 0 Å². The fourth-order valence-corrected chi connectivity index (χ4v) is 2.95. The van der Waals surface area contributed by atoms with Crippen molar-refractivity contribution in [2.45, 2.75) is 19.8 Å². The molecule has 1 amide bonds. The van der Waals surface area contributed by atoms with Gasteiger partial charge in [0.25, 0.3) is 0 Å². The number of β-amino-alcohol motifs (C(OH)–C–C–N with tert-alkyl or cyclic N) is 1. The number of methoxy groups -OCH3 is 1. The Morgan fingerprint density at radius 2 is 1.90 bits per heavy atom. The molecule has 1 heterocycles. The highest BCUT2D eigenvalue weighted by molar-refractivity contribution is 5.93. The third kappa shape index (κ3) is 6.69. The Kier molecular flexibility index (Phi) is 3.71. The third-order valence-electron chi connectivity index (χ3n) is 4.49. The number of hydrogen-bond donors (Lipinski definition) is 2. The molecule has 7 nitrogen and oxygen atoms in total. The van der Waals surface area contributed by atoms with Gasteiger partial charge in [0, 0.05) is 49.3 Å². The number of benzene rings is 2. The average molecular weight is 443 g/mol. The molecule has 168 valence electrons. The van der Waals surface area contributed by atoms with Gasteiger partial charge in [-0.1, -0.05) is 30.3 Å². The molecule has 31 heavy (non-hydrogen) atoms. The number of carbonyl (C=O) groups excluding carboxylic acids is 1. The van der Waals surface area contributed by atoms with Crippen LogP contribution in [0.15, 0.2) is 42.4 Å². The smallest absolute Gasteiger partial charge is 0.238 e. The molecule has 0 aromatic heterocycles. The van der Waals surface area contributed by atoms with Crippen LogP contribution in [-0.4, -0.2) is 79.8 Å². The normalized spacial score (nSPS) is 25.8. The summed E-state index contributed by atoms with van der Waals surface area (Å²) in [7, 11) is -2.81. The average Bonchev–Trinajstić information content (AvgIpc) is 2.89. The van der Waals surface area contributed by atoms with Crippen molar-refractivity contribution in [3.05, 3.63) is 53.5 Å². The lowest BCUT2D eigenvalue weighted by molar-refractivity contribution is -0.117. The van der Waals surface area contributed by atoms with Gasteiger partial charge in [-0.05, 0) is 37.0 Å². The highest BCUT2D eigenvalue weighted by Crippen LogP contribution is 2.25. The first kappa shape index (κ1) is 10.3. The van der Waals surface area contributed by atoms with Gasteiger partial charge >= 0.3 is 0 Å². The van der Waals surface area contributed by atoms with Crippen molar-refractivity contribution in [3.63, 3.8) is 0 Å². The minimum Gasteiger partial charge on any atom is -0.493 e. The number of anilines is 1. The van der Waals surface area contributed by atoms with E-state index in [1.165, 1.54) is 29.2 Å². The van der Waals surface area contributed by atoms with E-state index in [4.69, 9.17) is 30.0 Å². The number of nitrogens with zero attached hydrogens (tertiary/aromatic N) is 2. The molecule has 1 atom stereocenters. The number of amides is 1. The standard InChI is InChI=1S/C24H33N3O4/c1-18-7-6-8-19(2)24(18)25-23(29)16-27-13-11-26(12-14-27)15-20(28)17-31-22-10-5-4-9-21(22)30-3/h4-10,20,28H,11-17H2,1-3H3,(H,25,29)/i1D3,2D3,3D3,6D,7D,8D,15D2,20D. The van der Waals surface area contributed by atoms with Crippen LogP contribution in [0.4, 0.5) is 5.69 Å². The zero-order valence-corrected chi connectivity index (χ0v) is 16.6. The third-order valence-corrected chi connectivity index (χ3v) is 4.49. The summed E-state index contributed by atoms with van der Waals surface area (Å²) in [5.74, 6) is -1.21. The first-order valence-electron chi connectivity index (χ1n) is 16.9. The molecule has 3 rings (SSSR count). The van der Waals surface area contributed by atoms with E-state index >= 15 is 0 Å². The van der Waals surface area contributed by atoms with Crippen LogP contribution in [0.5, 0.6) is 11.5 Å². The van der Waals surface area contributed by atoms with Crippen molar-refractivity contribution in [2.75, 3.05) is 58.2 Å². The van der Waals surface area contributed by atoms with Crippen LogP contribution in [-0.2, 0) is 4.79 Å². The molecule has 2 aromatic rings. The van der Waals surface area contributed by atoms with Crippen LogP contribution < -0.4 is 14.8 Å². The van der Waals surface area contributed by atoms with Crippen molar-refractivity contribution < 1.29 is 39.9 Å². The van der Waals surface area contributed by atoms with E-state index in [0.717, 1.165) is 4.90 Å². The predicted molar refractivity (Wildman–Crippen MR) is 122 cm³/mol. The number of aliphatic hydroxyl groups is 1. The van der Waals surface area contributed by atoms with E-state index in [-0.39, 0.29) is 37.7 Å². The van der Waals surface area contributed by atoms with Crippen molar-refractivity contribution in [1.82, 2.24) is 9.80 Å². The molecule has 0 bridgehead atoms. The van der Waals surface area contributed by atoms with Gasteiger partial charge in [-0.25, -0.2) is 0 Å². The molecule has 0 aliphatic carbocycles. The number of para-hydroxylation sites is 3. The largest absolute Gasteiger partial charge is 0.493 e. The van der Waals surface area contributed by atoms with E-state index < -0.39 is 87.3 Å². The summed E-state index contributed by atoms with van der Waals surface area (Å²) >= 11 is 0. The number of carbonyl (C=O) groups is 1. The van der Waals surface area contributed by atoms with E-state index in [0.29, 0.717) is 0 Å². The molecular weight excluding hydrogens is 394 g/mol. The maximum atomic E-state index is 13.0. The number of piperazine rings is 1. The lowest BCUT2D eigenvalue weighted by Crippen LogP contribution is -2.50. The van der Waals surface area contributed by atoms with Crippen molar-refractivity contribution >= 4 is 11.6 Å². The molecule has 1 aliphatic heterocycles. The number of nitrogens with one attached hydrogen (secondary N) is 1. The second kappa shape index (κ2) is 11.1. The fraction of sp³-hybridized carbons (Fsp3) is 0.458. The molecule has 0 radical (unpaired) electrons. The summed E-state index contributed by atoms with van der Waals surface area (Å²) in [5.41, 5.74) is -2.51. The summed E-state index contributed by atoms with van der Waals surface area (Å²) in [6.45, 7) is -10.4. The summed E-state index contributed by atoms with van der Waals surface area (Å²) in [4.78, 5) is 15.7. The first-order valence-corrected chi connectivity index (χ1v) is 9.42. The Bertz CT molecular complexity index is 1380. The number of rotatable bonds is 9. The van der Waals surface area contributed by atoms with Crippen LogP contribution in [0, 0.1) is 13.7 Å². The zero-order valence-electron chi connectivity index (χ0n) is 31.6. The Labute approximate surface area is 205 Å². The van der Waals surface area contributed by atoms with Gasteiger partial charge in [0.15, 0.2) is 11.5 Å². The second-order valence-electron chi connectivity index (χ2n) is 6.71. The summed E-state index contributed by atoms with van der Waals surface area (Å²) in [6.07, 6.45) is -2.86. The topological polar surface area (TPSA) is 74.3 Å². The van der Waals surface area contributed by atoms with Gasteiger partial charge in [-0.2, -0.15) is 0 Å². The molecule has 1 aliphatic rings. The SMILES string of the molecule is [2H]c1c([2H])c(C([2H])([2H])[2H])c(NC(=O)CN2CCN(C([2H])([2H])C([2H])(O)COc3ccccc3OC([2H])([2H])[2H])CC2)c(C([2H])([2H])[2H])c1[2H]. The zero-order chi connectivity index (χ0) is 35.0. The summed E-state index contributed by atoms with van der Waals surface area (Å²) in [6, 6.07) is 2.86. The van der Waals surface area contributed by atoms with Crippen molar-refractivity contribution in [3.8, 4) is 11.5 Å². The molecule has 2 N–H and O–H groups in total. The Morgan fingerprint density at radius 1 is 1.23 bits per heavy atom. The number of hydrogen-bond acceptors (Lipinski definition) is 6. The monoisotopic (exact) mass is 442 g/mol. The Balaban J connectivity index is 1.70. The van der Waals surface area contributed by atoms with Gasteiger partial charge in [0.1, 0.15) is 12.7 Å². The lowest BCUT2D eigenvalue weighted by Gasteiger charge is -2.35. The lowest BCUT2D eigenvalue weighted by atomic mass is 10.1. The molecule has 0 spiro atoms. The summed E-state index contributed by atoms with van der Waals surface area (Å²) < 4.78 is 128. The van der Waals surface area contributed by atoms with E-state index in [9.17, 15) is 9.90 Å². The fourth-order valence-electron chi connectivity index (χ4n) is 2.95. The predicted octanol–water partition coefficient (Wildman–Crippen LogP) is 2.31. The highest BCUT2D eigenvalue weighted by atomic mass is 16.5. The molecule has 0 saturated carbocycles. The highest BCUT2D eigenvalue weighted by Gasteiger charge is 2.21. The Hall–Kier alpha value is -2.61. The van der Waals surface area contributed by atoms with Gasteiger partial charge < -0.3 is 19.9 Å². The number of ether oxygens (including phenoxy) is 2.